The third-order valence-corrected chi connectivity index (χ3v) is 8.96. The highest BCUT2D eigenvalue weighted by Crippen LogP contribution is 2.41. The zero-order valence-electron chi connectivity index (χ0n) is 19.0. The number of hydrogen-bond donors (Lipinski definition) is 1. The molecule has 2 aliphatic rings. The summed E-state index contributed by atoms with van der Waals surface area (Å²) in [5.74, 6) is 2.69. The minimum absolute atomic E-state index is 0.608. The maximum absolute atomic E-state index is 6.07. The molecule has 3 heterocycles. The minimum Gasteiger partial charge on any atom is -0.350 e. The Kier molecular flexibility index (Phi) is 6.01. The molecule has 1 atom stereocenters. The van der Waals surface area contributed by atoms with Gasteiger partial charge in [0.05, 0.1) is 11.9 Å². The van der Waals surface area contributed by atoms with Crippen LogP contribution in [0.3, 0.4) is 0 Å². The van der Waals surface area contributed by atoms with Gasteiger partial charge in [0.2, 0.25) is 5.62 Å². The molecule has 174 valence electrons. The van der Waals surface area contributed by atoms with E-state index in [1.165, 1.54) is 33.4 Å². The summed E-state index contributed by atoms with van der Waals surface area (Å²) >= 11 is 9.69. The zero-order chi connectivity index (χ0) is 23.1. The summed E-state index contributed by atoms with van der Waals surface area (Å²) in [7, 11) is 0. The highest BCUT2D eigenvalue weighted by molar-refractivity contribution is 7.99. The Balaban J connectivity index is 1.42. The maximum atomic E-state index is 6.07. The molecule has 8 heteroatoms. The van der Waals surface area contributed by atoms with Crippen LogP contribution in [0.1, 0.15) is 34.9 Å². The topological polar surface area (TPSA) is 45.5 Å². The van der Waals surface area contributed by atoms with Crippen molar-refractivity contribution in [2.75, 3.05) is 16.4 Å². The summed E-state index contributed by atoms with van der Waals surface area (Å²) in [6.07, 6.45) is 3.55. The summed E-state index contributed by atoms with van der Waals surface area (Å²) in [5.41, 5.74) is 4.67. The van der Waals surface area contributed by atoms with Gasteiger partial charge >= 0.3 is 0 Å². The molecule has 2 aromatic heterocycles. The minimum atomic E-state index is 0.608. The number of rotatable bonds is 5. The Morgan fingerprint density at radius 3 is 2.79 bits per heavy atom. The first-order chi connectivity index (χ1) is 16.7. The fraction of sp³-hybridized carbons (Fsp3) is 0.308. The highest BCUT2D eigenvalue weighted by Gasteiger charge is 2.29. The van der Waals surface area contributed by atoms with Crippen LogP contribution in [-0.4, -0.2) is 16.3 Å². The van der Waals surface area contributed by atoms with Crippen molar-refractivity contribution in [3.63, 3.8) is 0 Å². The second kappa shape index (κ2) is 9.29. The largest absolute Gasteiger partial charge is 0.350 e. The zero-order valence-corrected chi connectivity index (χ0v) is 21.4. The molecule has 6 rings (SSSR count). The molecule has 34 heavy (non-hydrogen) atoms. The van der Waals surface area contributed by atoms with Crippen LogP contribution in [-0.2, 0) is 25.1 Å². The molecule has 0 saturated heterocycles. The van der Waals surface area contributed by atoms with E-state index in [0.717, 1.165) is 39.9 Å². The third-order valence-electron chi connectivity index (χ3n) is 6.47. The number of thiophene rings is 1. The molecular formula is C26H26ClN5S2. The number of nitrogens with one attached hydrogen (secondary N) is 1. The van der Waals surface area contributed by atoms with Crippen molar-refractivity contribution in [1.82, 2.24) is 9.66 Å². The molecule has 1 unspecified atom stereocenters. The molecule has 0 spiro atoms. The molecule has 5 nitrogen and oxygen atoms in total. The lowest BCUT2D eigenvalue weighted by molar-refractivity contribution is 0.508. The van der Waals surface area contributed by atoms with Gasteiger partial charge in [-0.05, 0) is 66.0 Å². The normalized spacial score (nSPS) is 17.6. The molecule has 2 aromatic carbocycles. The van der Waals surface area contributed by atoms with E-state index < -0.39 is 0 Å². The lowest BCUT2D eigenvalue weighted by atomic mass is 9.88. The van der Waals surface area contributed by atoms with Crippen molar-refractivity contribution < 1.29 is 0 Å². The van der Waals surface area contributed by atoms with Crippen molar-refractivity contribution in [3.05, 3.63) is 86.8 Å². The van der Waals surface area contributed by atoms with Gasteiger partial charge in [-0.15, -0.1) is 11.3 Å². The van der Waals surface area contributed by atoms with Gasteiger partial charge < -0.3 is 5.32 Å². The first kappa shape index (κ1) is 22.0. The van der Waals surface area contributed by atoms with Crippen LogP contribution in [0.25, 0.3) is 10.2 Å². The maximum Gasteiger partial charge on any atom is 0.248 e. The van der Waals surface area contributed by atoms with Crippen molar-refractivity contribution in [2.24, 2.45) is 10.9 Å². The summed E-state index contributed by atoms with van der Waals surface area (Å²) in [6.45, 7) is 3.68. The second-order valence-electron chi connectivity index (χ2n) is 8.99. The van der Waals surface area contributed by atoms with Gasteiger partial charge in [0.15, 0.2) is 0 Å². The van der Waals surface area contributed by atoms with Crippen LogP contribution in [0.2, 0.25) is 5.02 Å². The molecule has 0 saturated carbocycles. The van der Waals surface area contributed by atoms with Crippen molar-refractivity contribution >= 4 is 50.9 Å². The van der Waals surface area contributed by atoms with Gasteiger partial charge in [-0.3, -0.25) is 0 Å². The Labute approximate surface area is 212 Å². The van der Waals surface area contributed by atoms with Gasteiger partial charge in [0.25, 0.3) is 0 Å². The molecule has 0 radical (unpaired) electrons. The van der Waals surface area contributed by atoms with Gasteiger partial charge in [0, 0.05) is 15.7 Å². The van der Waals surface area contributed by atoms with Crippen LogP contribution in [0.5, 0.6) is 0 Å². The predicted molar refractivity (Wildman–Crippen MR) is 144 cm³/mol. The Bertz CT molecular complexity index is 1390. The van der Waals surface area contributed by atoms with E-state index in [1.807, 2.05) is 29.5 Å². The van der Waals surface area contributed by atoms with Crippen molar-refractivity contribution in [1.29, 1.82) is 0 Å². The summed E-state index contributed by atoms with van der Waals surface area (Å²) in [4.78, 5) is 12.7. The summed E-state index contributed by atoms with van der Waals surface area (Å²) in [6, 6.07) is 18.5. The van der Waals surface area contributed by atoms with Gasteiger partial charge in [-0.25, -0.2) is 14.4 Å². The molecule has 1 aliphatic heterocycles. The van der Waals surface area contributed by atoms with Crippen LogP contribution in [0, 0.1) is 5.92 Å². The molecule has 0 bridgehead atoms. The van der Waals surface area contributed by atoms with Gasteiger partial charge in [-0.1, -0.05) is 61.0 Å². The van der Waals surface area contributed by atoms with E-state index in [9.17, 15) is 0 Å². The smallest absolute Gasteiger partial charge is 0.248 e. The van der Waals surface area contributed by atoms with E-state index >= 15 is 0 Å². The van der Waals surface area contributed by atoms with Crippen molar-refractivity contribution in [3.8, 4) is 0 Å². The third kappa shape index (κ3) is 4.21. The SMILES string of the molecule is CC1CCc2sc3nc(=NCc4ccccc4)n4c(c3c2C1)NCN4SCc1ccc(Cl)cc1. The van der Waals surface area contributed by atoms with E-state index in [2.05, 4.69) is 57.7 Å². The lowest BCUT2D eigenvalue weighted by Crippen LogP contribution is -2.35. The molecule has 1 aliphatic carbocycles. The molecule has 4 aromatic rings. The van der Waals surface area contributed by atoms with Crippen LogP contribution < -0.4 is 15.3 Å². The second-order valence-corrected chi connectivity index (χ2v) is 11.5. The number of nitrogens with zero attached hydrogens (tertiary/aromatic N) is 4. The Morgan fingerprint density at radius 1 is 1.15 bits per heavy atom. The predicted octanol–water partition coefficient (Wildman–Crippen LogP) is 6.15. The van der Waals surface area contributed by atoms with E-state index in [4.69, 9.17) is 21.6 Å². The quantitative estimate of drug-likeness (QED) is 0.329. The number of benzene rings is 2. The van der Waals surface area contributed by atoms with Crippen LogP contribution >= 0.6 is 34.9 Å². The standard InChI is InChI=1S/C26H26ClN5S2/c1-17-7-12-22-21(13-17)23-24-29-16-31(33-15-19-8-10-20(27)11-9-19)32(24)26(30-25(23)34-22)28-14-18-5-3-2-4-6-18/h2-6,8-11,17,29H,7,12-16H2,1H3. The molecule has 1 N–H and O–H groups in total. The number of hydrogen-bond acceptors (Lipinski definition) is 6. The molecule has 0 amide bonds. The number of aromatic nitrogens is 2. The average molecular weight is 508 g/mol. The van der Waals surface area contributed by atoms with Crippen LogP contribution in [0.4, 0.5) is 5.82 Å². The summed E-state index contributed by atoms with van der Waals surface area (Å²) in [5, 5.41) is 5.74. The number of halogens is 1. The Hall–Kier alpha value is -2.48. The first-order valence-corrected chi connectivity index (χ1v) is 13.8. The number of aryl methyl sites for hydroxylation is 1. The first-order valence-electron chi connectivity index (χ1n) is 11.7. The summed E-state index contributed by atoms with van der Waals surface area (Å²) < 4.78 is 4.44. The number of fused-ring (bicyclic) bond motifs is 5. The molecular weight excluding hydrogens is 482 g/mol. The van der Waals surface area contributed by atoms with Gasteiger partial charge in [0.1, 0.15) is 17.3 Å². The van der Waals surface area contributed by atoms with Gasteiger partial charge in [-0.2, -0.15) is 4.68 Å². The van der Waals surface area contributed by atoms with E-state index in [0.29, 0.717) is 19.1 Å². The molecule has 0 fully saturated rings. The number of anilines is 1. The average Bonchev–Trinajstić information content (AvgIpc) is 3.44. The fourth-order valence-electron chi connectivity index (χ4n) is 4.68. The van der Waals surface area contributed by atoms with Crippen LogP contribution in [0.15, 0.2) is 59.6 Å². The van der Waals surface area contributed by atoms with E-state index in [-0.39, 0.29) is 0 Å². The van der Waals surface area contributed by atoms with E-state index in [1.54, 1.807) is 11.9 Å². The lowest BCUT2D eigenvalue weighted by Gasteiger charge is -2.20. The fourth-order valence-corrected chi connectivity index (χ4v) is 6.93. The monoisotopic (exact) mass is 507 g/mol. The Morgan fingerprint density at radius 2 is 1.97 bits per heavy atom. The highest BCUT2D eigenvalue weighted by atomic mass is 35.5. The van der Waals surface area contributed by atoms with Crippen molar-refractivity contribution in [2.45, 2.75) is 38.5 Å².